The van der Waals surface area contributed by atoms with Gasteiger partial charge in [-0.1, -0.05) is 12.8 Å². The van der Waals surface area contributed by atoms with E-state index >= 15 is 0 Å². The molecule has 2 rings (SSSR count). The summed E-state index contributed by atoms with van der Waals surface area (Å²) in [5.41, 5.74) is 7.57. The third-order valence-corrected chi connectivity index (χ3v) is 3.80. The van der Waals surface area contributed by atoms with Gasteiger partial charge in [-0.25, -0.2) is 0 Å². The van der Waals surface area contributed by atoms with Gasteiger partial charge in [0.05, 0.1) is 23.5 Å². The van der Waals surface area contributed by atoms with Gasteiger partial charge in [0, 0.05) is 12.6 Å². The summed E-state index contributed by atoms with van der Waals surface area (Å²) in [5, 5.41) is 15.5. The average molecular weight is 263 g/mol. The summed E-state index contributed by atoms with van der Waals surface area (Å²) in [6.07, 6.45) is 4.12. The minimum absolute atomic E-state index is 0.101. The second-order valence-electron chi connectivity index (χ2n) is 5.15. The van der Waals surface area contributed by atoms with Crippen LogP contribution in [0.3, 0.4) is 0 Å². The Labute approximate surface area is 113 Å². The van der Waals surface area contributed by atoms with Crippen LogP contribution in [0, 0.1) is 0 Å². The zero-order chi connectivity index (χ0) is 13.9. The topological polar surface area (TPSA) is 87.4 Å². The Morgan fingerprint density at radius 2 is 2.11 bits per heavy atom. The molecule has 0 heterocycles. The normalized spacial score (nSPS) is 17.2. The maximum atomic E-state index is 11.5. The average Bonchev–Trinajstić information content (AvgIpc) is 2.89. The highest BCUT2D eigenvalue weighted by molar-refractivity contribution is 5.95. The van der Waals surface area contributed by atoms with Crippen LogP contribution >= 0.6 is 0 Å². The number of aliphatic hydroxyl groups excluding tert-OH is 1. The second kappa shape index (κ2) is 5.48. The van der Waals surface area contributed by atoms with Crippen molar-refractivity contribution in [3.05, 3.63) is 23.8 Å². The van der Waals surface area contributed by atoms with Gasteiger partial charge < -0.3 is 21.5 Å². The molecule has 1 aliphatic rings. The summed E-state index contributed by atoms with van der Waals surface area (Å²) >= 11 is 0. The van der Waals surface area contributed by atoms with Gasteiger partial charge in [0.2, 0.25) is 0 Å². The molecule has 0 aromatic heterocycles. The highest BCUT2D eigenvalue weighted by Gasteiger charge is 2.33. The molecule has 1 aromatic rings. The minimum Gasteiger partial charge on any atom is -0.397 e. The zero-order valence-corrected chi connectivity index (χ0v) is 11.2. The summed E-state index contributed by atoms with van der Waals surface area (Å²) in [6.45, 7) is 0.101. The van der Waals surface area contributed by atoms with Crippen molar-refractivity contribution in [2.45, 2.75) is 31.2 Å². The van der Waals surface area contributed by atoms with Crippen molar-refractivity contribution >= 4 is 17.3 Å². The molecule has 5 N–H and O–H groups in total. The van der Waals surface area contributed by atoms with Crippen molar-refractivity contribution in [2.24, 2.45) is 0 Å². The summed E-state index contributed by atoms with van der Waals surface area (Å²) in [6, 6.07) is 5.19. The molecule has 1 aliphatic carbocycles. The van der Waals surface area contributed by atoms with E-state index in [0.717, 1.165) is 31.4 Å². The predicted octanol–water partition coefficient (Wildman–Crippen LogP) is 1.35. The lowest BCUT2D eigenvalue weighted by Gasteiger charge is -2.30. The number of anilines is 2. The van der Waals surface area contributed by atoms with Crippen LogP contribution in [-0.4, -0.2) is 30.2 Å². The van der Waals surface area contributed by atoms with Crippen molar-refractivity contribution in [3.8, 4) is 0 Å². The van der Waals surface area contributed by atoms with E-state index in [2.05, 4.69) is 10.6 Å². The molecule has 1 fully saturated rings. The van der Waals surface area contributed by atoms with Gasteiger partial charge in [-0.3, -0.25) is 4.79 Å². The third-order valence-electron chi connectivity index (χ3n) is 3.80. The first-order chi connectivity index (χ1) is 9.10. The van der Waals surface area contributed by atoms with Crippen molar-refractivity contribution < 1.29 is 9.90 Å². The zero-order valence-electron chi connectivity index (χ0n) is 11.2. The largest absolute Gasteiger partial charge is 0.397 e. The van der Waals surface area contributed by atoms with Crippen LogP contribution in [0.5, 0.6) is 0 Å². The molecule has 5 heteroatoms. The molecule has 1 saturated carbocycles. The fourth-order valence-electron chi connectivity index (χ4n) is 2.62. The summed E-state index contributed by atoms with van der Waals surface area (Å²) in [4.78, 5) is 11.5. The molecule has 1 aromatic carbocycles. The molecule has 0 saturated heterocycles. The van der Waals surface area contributed by atoms with Crippen LogP contribution < -0.4 is 16.4 Å². The third kappa shape index (κ3) is 2.81. The van der Waals surface area contributed by atoms with E-state index in [1.54, 1.807) is 25.2 Å². The number of aliphatic hydroxyl groups is 1. The first-order valence-electron chi connectivity index (χ1n) is 6.61. The lowest BCUT2D eigenvalue weighted by molar-refractivity contribution is 0.0963. The Hall–Kier alpha value is -1.75. The molecule has 0 bridgehead atoms. The first kappa shape index (κ1) is 13.7. The number of benzene rings is 1. The Morgan fingerprint density at radius 3 is 2.63 bits per heavy atom. The van der Waals surface area contributed by atoms with E-state index in [1.165, 1.54) is 0 Å². The van der Waals surface area contributed by atoms with Crippen molar-refractivity contribution in [1.82, 2.24) is 5.32 Å². The maximum absolute atomic E-state index is 11.5. The molecule has 0 unspecified atom stereocenters. The molecule has 0 aliphatic heterocycles. The van der Waals surface area contributed by atoms with Gasteiger partial charge >= 0.3 is 0 Å². The standard InChI is InChI=1S/C14H21N3O2/c1-16-13(19)10-4-5-12(11(15)8-10)17-14(9-18)6-2-3-7-14/h4-5,8,17-18H,2-3,6-7,9,15H2,1H3,(H,16,19). The summed E-state index contributed by atoms with van der Waals surface area (Å²) < 4.78 is 0. The molecular weight excluding hydrogens is 242 g/mol. The molecule has 0 spiro atoms. The Morgan fingerprint density at radius 1 is 1.42 bits per heavy atom. The van der Waals surface area contributed by atoms with Crippen molar-refractivity contribution in [1.29, 1.82) is 0 Å². The van der Waals surface area contributed by atoms with Crippen LogP contribution in [0.1, 0.15) is 36.0 Å². The maximum Gasteiger partial charge on any atom is 0.251 e. The van der Waals surface area contributed by atoms with Crippen LogP contribution in [0.25, 0.3) is 0 Å². The molecule has 104 valence electrons. The van der Waals surface area contributed by atoms with Gasteiger partial charge in [0.1, 0.15) is 0 Å². The monoisotopic (exact) mass is 263 g/mol. The number of nitrogens with one attached hydrogen (secondary N) is 2. The molecule has 1 amide bonds. The summed E-state index contributed by atoms with van der Waals surface area (Å²) in [5.74, 6) is -0.156. The fraction of sp³-hybridized carbons (Fsp3) is 0.500. The number of hydrogen-bond donors (Lipinski definition) is 4. The Balaban J connectivity index is 2.19. The summed E-state index contributed by atoms with van der Waals surface area (Å²) in [7, 11) is 1.59. The predicted molar refractivity (Wildman–Crippen MR) is 76.2 cm³/mol. The number of nitrogens with two attached hydrogens (primary N) is 1. The van der Waals surface area contributed by atoms with E-state index in [1.807, 2.05) is 0 Å². The molecule has 19 heavy (non-hydrogen) atoms. The molecule has 0 atom stereocenters. The number of hydrogen-bond acceptors (Lipinski definition) is 4. The highest BCUT2D eigenvalue weighted by Crippen LogP contribution is 2.34. The SMILES string of the molecule is CNC(=O)c1ccc(NC2(CO)CCCC2)c(N)c1. The highest BCUT2D eigenvalue weighted by atomic mass is 16.3. The first-order valence-corrected chi connectivity index (χ1v) is 6.61. The van der Waals surface area contributed by atoms with E-state index in [-0.39, 0.29) is 18.1 Å². The van der Waals surface area contributed by atoms with Crippen LogP contribution in [-0.2, 0) is 0 Å². The van der Waals surface area contributed by atoms with Crippen LogP contribution in [0.15, 0.2) is 18.2 Å². The Kier molecular flexibility index (Phi) is 3.95. The van der Waals surface area contributed by atoms with Gasteiger partial charge in [-0.2, -0.15) is 0 Å². The second-order valence-corrected chi connectivity index (χ2v) is 5.15. The van der Waals surface area contributed by atoms with Crippen LogP contribution in [0.2, 0.25) is 0 Å². The quantitative estimate of drug-likeness (QED) is 0.617. The van der Waals surface area contributed by atoms with E-state index in [0.29, 0.717) is 11.3 Å². The smallest absolute Gasteiger partial charge is 0.251 e. The lowest BCUT2D eigenvalue weighted by Crippen LogP contribution is -2.39. The number of carbonyl (C=O) groups excluding carboxylic acids is 1. The van der Waals surface area contributed by atoms with Gasteiger partial charge in [-0.15, -0.1) is 0 Å². The number of amides is 1. The Bertz CT molecular complexity index is 468. The van der Waals surface area contributed by atoms with E-state index in [9.17, 15) is 9.90 Å². The molecule has 0 radical (unpaired) electrons. The van der Waals surface area contributed by atoms with Gasteiger partial charge in [0.15, 0.2) is 0 Å². The number of carbonyl (C=O) groups is 1. The van der Waals surface area contributed by atoms with Crippen LogP contribution in [0.4, 0.5) is 11.4 Å². The lowest BCUT2D eigenvalue weighted by atomic mass is 9.98. The van der Waals surface area contributed by atoms with Crippen molar-refractivity contribution in [3.63, 3.8) is 0 Å². The van der Waals surface area contributed by atoms with E-state index in [4.69, 9.17) is 5.73 Å². The van der Waals surface area contributed by atoms with Gasteiger partial charge in [-0.05, 0) is 31.0 Å². The number of rotatable bonds is 4. The minimum atomic E-state index is -0.261. The van der Waals surface area contributed by atoms with E-state index < -0.39 is 0 Å². The molecule has 5 nitrogen and oxygen atoms in total. The number of nitrogen functional groups attached to an aromatic ring is 1. The fourth-order valence-corrected chi connectivity index (χ4v) is 2.62. The molecular formula is C14H21N3O2. The van der Waals surface area contributed by atoms with Crippen molar-refractivity contribution in [2.75, 3.05) is 24.7 Å². The van der Waals surface area contributed by atoms with Gasteiger partial charge in [0.25, 0.3) is 5.91 Å².